The zero-order valence-corrected chi connectivity index (χ0v) is 12.0. The number of carbonyl (C=O) groups is 2. The summed E-state index contributed by atoms with van der Waals surface area (Å²) in [6.45, 7) is 3.84. The van der Waals surface area contributed by atoms with Crippen molar-refractivity contribution < 1.29 is 14.7 Å². The molecule has 0 saturated carbocycles. The van der Waals surface area contributed by atoms with Gasteiger partial charge in [-0.1, -0.05) is 13.3 Å². The maximum absolute atomic E-state index is 12.2. The van der Waals surface area contributed by atoms with Crippen LogP contribution in [0.25, 0.3) is 5.65 Å². The fourth-order valence-corrected chi connectivity index (χ4v) is 2.09. The summed E-state index contributed by atoms with van der Waals surface area (Å²) in [6.07, 6.45) is 4.45. The first-order chi connectivity index (χ1) is 10.0. The molecule has 0 aliphatic heterocycles. The summed E-state index contributed by atoms with van der Waals surface area (Å²) in [7, 11) is 0. The monoisotopic (exact) mass is 290 g/mol. The van der Waals surface area contributed by atoms with E-state index in [0.717, 1.165) is 12.1 Å². The Labute approximate surface area is 122 Å². The van der Waals surface area contributed by atoms with Crippen molar-refractivity contribution in [2.75, 3.05) is 6.54 Å². The number of nitrogens with one attached hydrogen (secondary N) is 1. The van der Waals surface area contributed by atoms with Crippen LogP contribution in [0, 0.1) is 12.8 Å². The number of carboxylic acids is 1. The zero-order valence-electron chi connectivity index (χ0n) is 12.0. The van der Waals surface area contributed by atoms with Gasteiger partial charge in [0.2, 0.25) is 0 Å². The molecule has 1 atom stereocenters. The first-order valence-electron chi connectivity index (χ1n) is 6.85. The van der Waals surface area contributed by atoms with E-state index in [1.807, 2.05) is 13.8 Å². The van der Waals surface area contributed by atoms with Crippen LogP contribution >= 0.6 is 0 Å². The van der Waals surface area contributed by atoms with Crippen molar-refractivity contribution in [1.82, 2.24) is 19.9 Å². The van der Waals surface area contributed by atoms with Gasteiger partial charge in [0.05, 0.1) is 12.1 Å². The lowest BCUT2D eigenvalue weighted by molar-refractivity contribution is -0.141. The van der Waals surface area contributed by atoms with Gasteiger partial charge in [0.25, 0.3) is 5.91 Å². The fraction of sp³-hybridized carbons (Fsp3) is 0.429. The third-order valence-corrected chi connectivity index (χ3v) is 3.25. The molecular weight excluding hydrogens is 272 g/mol. The molecule has 2 aromatic rings. The molecule has 0 spiro atoms. The Hall–Kier alpha value is -2.44. The van der Waals surface area contributed by atoms with Crippen LogP contribution in [0.4, 0.5) is 0 Å². The highest BCUT2D eigenvalue weighted by Crippen LogP contribution is 2.10. The Balaban J connectivity index is 2.12. The second-order valence-electron chi connectivity index (χ2n) is 4.93. The van der Waals surface area contributed by atoms with E-state index in [-0.39, 0.29) is 12.5 Å². The lowest BCUT2D eigenvalue weighted by atomic mass is 10.0. The number of rotatable bonds is 6. The normalized spacial score (nSPS) is 12.3. The van der Waals surface area contributed by atoms with Crippen LogP contribution in [0.1, 0.15) is 35.8 Å². The number of aliphatic carboxylic acids is 1. The average Bonchev–Trinajstić information content (AvgIpc) is 2.85. The van der Waals surface area contributed by atoms with Crippen molar-refractivity contribution in [3.63, 3.8) is 0 Å². The van der Waals surface area contributed by atoms with E-state index in [1.165, 1.54) is 10.7 Å². The van der Waals surface area contributed by atoms with Crippen molar-refractivity contribution in [3.8, 4) is 0 Å². The SMILES string of the molecule is CCCC(CNC(=O)c1cnn2ccc(C)nc12)C(=O)O. The Morgan fingerprint density at radius 3 is 2.90 bits per heavy atom. The number of fused-ring (bicyclic) bond motifs is 1. The molecule has 0 radical (unpaired) electrons. The van der Waals surface area contributed by atoms with Crippen LogP contribution in [-0.4, -0.2) is 38.1 Å². The van der Waals surface area contributed by atoms with Crippen molar-refractivity contribution in [2.24, 2.45) is 5.92 Å². The van der Waals surface area contributed by atoms with Gasteiger partial charge in [0, 0.05) is 18.4 Å². The largest absolute Gasteiger partial charge is 0.481 e. The molecule has 2 heterocycles. The molecule has 0 bridgehead atoms. The maximum Gasteiger partial charge on any atom is 0.308 e. The van der Waals surface area contributed by atoms with E-state index in [4.69, 9.17) is 5.11 Å². The minimum Gasteiger partial charge on any atom is -0.481 e. The lowest BCUT2D eigenvalue weighted by Crippen LogP contribution is -2.32. The molecule has 0 saturated heterocycles. The summed E-state index contributed by atoms with van der Waals surface area (Å²) in [5.74, 6) is -1.83. The second-order valence-corrected chi connectivity index (χ2v) is 4.93. The summed E-state index contributed by atoms with van der Waals surface area (Å²) in [4.78, 5) is 27.5. The average molecular weight is 290 g/mol. The van der Waals surface area contributed by atoms with Gasteiger partial charge < -0.3 is 10.4 Å². The Kier molecular flexibility index (Phi) is 4.52. The van der Waals surface area contributed by atoms with Crippen molar-refractivity contribution in [2.45, 2.75) is 26.7 Å². The quantitative estimate of drug-likeness (QED) is 0.835. The standard InChI is InChI=1S/C14H18N4O3/c1-3-4-10(14(20)21)7-15-13(19)11-8-16-18-6-5-9(2)17-12(11)18/h5-6,8,10H,3-4,7H2,1-2H3,(H,15,19)(H,20,21). The van der Waals surface area contributed by atoms with Crippen LogP contribution in [0.5, 0.6) is 0 Å². The van der Waals surface area contributed by atoms with Crippen LogP contribution in [0.3, 0.4) is 0 Å². The van der Waals surface area contributed by atoms with E-state index < -0.39 is 11.9 Å². The molecule has 0 aromatic carbocycles. The molecule has 112 valence electrons. The first kappa shape index (κ1) is 15.0. The molecule has 2 aromatic heterocycles. The van der Waals surface area contributed by atoms with Gasteiger partial charge in [-0.2, -0.15) is 5.10 Å². The summed E-state index contributed by atoms with van der Waals surface area (Å²) in [6, 6.07) is 1.80. The van der Waals surface area contributed by atoms with E-state index in [1.54, 1.807) is 12.3 Å². The summed E-state index contributed by atoms with van der Waals surface area (Å²) in [5.41, 5.74) is 1.60. The number of nitrogens with zero attached hydrogens (tertiary/aromatic N) is 3. The predicted molar refractivity (Wildman–Crippen MR) is 76.1 cm³/mol. The molecule has 7 heteroatoms. The van der Waals surface area contributed by atoms with Crippen molar-refractivity contribution in [1.29, 1.82) is 0 Å². The van der Waals surface area contributed by atoms with Gasteiger partial charge in [-0.25, -0.2) is 9.50 Å². The van der Waals surface area contributed by atoms with Crippen LogP contribution in [0.15, 0.2) is 18.5 Å². The molecule has 0 aliphatic rings. The Morgan fingerprint density at radius 1 is 1.48 bits per heavy atom. The van der Waals surface area contributed by atoms with Crippen LogP contribution < -0.4 is 5.32 Å². The highest BCUT2D eigenvalue weighted by Gasteiger charge is 2.19. The predicted octanol–water partition coefficient (Wildman–Crippen LogP) is 1.27. The second kappa shape index (κ2) is 6.34. The van der Waals surface area contributed by atoms with Gasteiger partial charge in [0.15, 0.2) is 5.65 Å². The molecule has 0 fully saturated rings. The van der Waals surface area contributed by atoms with Crippen LogP contribution in [-0.2, 0) is 4.79 Å². The van der Waals surface area contributed by atoms with Crippen molar-refractivity contribution >= 4 is 17.5 Å². The molecule has 21 heavy (non-hydrogen) atoms. The number of amides is 1. The van der Waals surface area contributed by atoms with E-state index in [0.29, 0.717) is 17.6 Å². The molecular formula is C14H18N4O3. The van der Waals surface area contributed by atoms with Gasteiger partial charge in [-0.3, -0.25) is 9.59 Å². The van der Waals surface area contributed by atoms with E-state index in [2.05, 4.69) is 15.4 Å². The zero-order chi connectivity index (χ0) is 15.4. The summed E-state index contributed by atoms with van der Waals surface area (Å²) in [5, 5.41) is 15.8. The highest BCUT2D eigenvalue weighted by molar-refractivity contribution is 5.99. The highest BCUT2D eigenvalue weighted by atomic mass is 16.4. The molecule has 1 amide bonds. The minimum atomic E-state index is -0.897. The minimum absolute atomic E-state index is 0.102. The topological polar surface area (TPSA) is 96.6 Å². The third-order valence-electron chi connectivity index (χ3n) is 3.25. The molecule has 1 unspecified atom stereocenters. The van der Waals surface area contributed by atoms with Crippen molar-refractivity contribution in [3.05, 3.63) is 29.7 Å². The number of carbonyl (C=O) groups excluding carboxylic acids is 1. The van der Waals surface area contributed by atoms with Crippen LogP contribution in [0.2, 0.25) is 0 Å². The number of carboxylic acid groups (broad SMARTS) is 1. The smallest absolute Gasteiger partial charge is 0.308 e. The Bertz CT molecular complexity index is 665. The number of hydrogen-bond acceptors (Lipinski definition) is 4. The lowest BCUT2D eigenvalue weighted by Gasteiger charge is -2.11. The van der Waals surface area contributed by atoms with Gasteiger partial charge in [-0.05, 0) is 19.4 Å². The first-order valence-corrected chi connectivity index (χ1v) is 6.85. The van der Waals surface area contributed by atoms with Gasteiger partial charge in [-0.15, -0.1) is 0 Å². The molecule has 2 rings (SSSR count). The summed E-state index contributed by atoms with van der Waals surface area (Å²) >= 11 is 0. The number of aromatic nitrogens is 3. The maximum atomic E-state index is 12.2. The van der Waals surface area contributed by atoms with E-state index in [9.17, 15) is 9.59 Å². The number of hydrogen-bond donors (Lipinski definition) is 2. The molecule has 2 N–H and O–H groups in total. The number of aryl methyl sites for hydroxylation is 1. The Morgan fingerprint density at radius 2 is 2.24 bits per heavy atom. The third kappa shape index (κ3) is 3.36. The van der Waals surface area contributed by atoms with Gasteiger partial charge in [0.1, 0.15) is 5.56 Å². The molecule has 7 nitrogen and oxygen atoms in total. The molecule has 0 aliphatic carbocycles. The van der Waals surface area contributed by atoms with E-state index >= 15 is 0 Å². The van der Waals surface area contributed by atoms with Gasteiger partial charge >= 0.3 is 5.97 Å². The fourth-order valence-electron chi connectivity index (χ4n) is 2.09. The summed E-state index contributed by atoms with van der Waals surface area (Å²) < 4.78 is 1.52.